The predicted molar refractivity (Wildman–Crippen MR) is 59.4 cm³/mol. The van der Waals surface area contributed by atoms with E-state index in [1.165, 1.54) is 6.92 Å². The van der Waals surface area contributed by atoms with Gasteiger partial charge in [0.15, 0.2) is 0 Å². The molecule has 1 atom stereocenters. The van der Waals surface area contributed by atoms with Crippen LogP contribution >= 0.6 is 0 Å². The molecule has 0 bridgehead atoms. The zero-order valence-corrected chi connectivity index (χ0v) is 9.12. The van der Waals surface area contributed by atoms with Crippen LogP contribution in [0.15, 0.2) is 0 Å². The smallest absolute Gasteiger partial charge is 0.332 e. The molecule has 0 fully saturated rings. The molecule has 94 valence electrons. The van der Waals surface area contributed by atoms with Gasteiger partial charge in [0.25, 0.3) is 0 Å². The van der Waals surface area contributed by atoms with E-state index in [0.29, 0.717) is 0 Å². The zero-order chi connectivity index (χ0) is 13.0. The number of rotatable bonds is 5. The van der Waals surface area contributed by atoms with E-state index < -0.39 is 17.6 Å². The Morgan fingerprint density at radius 1 is 1.59 bits per heavy atom. The van der Waals surface area contributed by atoms with Crippen LogP contribution in [-0.2, 0) is 0 Å². The summed E-state index contributed by atoms with van der Waals surface area (Å²) in [4.78, 5) is 17.5. The van der Waals surface area contributed by atoms with E-state index in [1.54, 1.807) is 0 Å². The van der Waals surface area contributed by atoms with Gasteiger partial charge >= 0.3 is 5.69 Å². The topological polar surface area (TPSA) is 147 Å². The van der Waals surface area contributed by atoms with Crippen molar-refractivity contribution in [2.24, 2.45) is 0 Å². The van der Waals surface area contributed by atoms with Gasteiger partial charge in [-0.25, -0.2) is 4.98 Å². The van der Waals surface area contributed by atoms with E-state index in [1.807, 2.05) is 0 Å². The number of nitrogens with one attached hydrogen (secondary N) is 1. The highest BCUT2D eigenvalue weighted by molar-refractivity contribution is 5.60. The summed E-state index contributed by atoms with van der Waals surface area (Å²) in [5.74, 6) is -0.179. The summed E-state index contributed by atoms with van der Waals surface area (Å²) in [6, 6.07) is 0. The highest BCUT2D eigenvalue weighted by Gasteiger charge is 2.21. The van der Waals surface area contributed by atoms with E-state index in [0.717, 1.165) is 0 Å². The molecule has 1 unspecified atom stereocenters. The van der Waals surface area contributed by atoms with Crippen molar-refractivity contribution in [1.82, 2.24) is 9.97 Å². The molecule has 0 aliphatic heterocycles. The maximum Gasteiger partial charge on any atom is 0.332 e. The first-order valence-corrected chi connectivity index (χ1v) is 4.77. The number of nitrogen functional groups attached to an aromatic ring is 1. The number of nitro groups is 1. The second-order valence-electron chi connectivity index (χ2n) is 3.34. The summed E-state index contributed by atoms with van der Waals surface area (Å²) >= 11 is 0. The van der Waals surface area contributed by atoms with Crippen molar-refractivity contribution < 1.29 is 15.1 Å². The third kappa shape index (κ3) is 3.23. The number of aliphatic hydroxyl groups is 2. The van der Waals surface area contributed by atoms with Crippen molar-refractivity contribution in [3.05, 3.63) is 15.8 Å². The molecule has 0 aliphatic carbocycles. The second-order valence-corrected chi connectivity index (χ2v) is 3.34. The number of nitrogens with zero attached hydrogens (tertiary/aromatic N) is 3. The van der Waals surface area contributed by atoms with Gasteiger partial charge in [-0.2, -0.15) is 4.98 Å². The van der Waals surface area contributed by atoms with Crippen molar-refractivity contribution in [2.75, 3.05) is 24.2 Å². The van der Waals surface area contributed by atoms with Gasteiger partial charge < -0.3 is 21.3 Å². The fraction of sp³-hybridized carbons (Fsp3) is 0.500. The Morgan fingerprint density at radius 2 is 2.24 bits per heavy atom. The van der Waals surface area contributed by atoms with E-state index in [9.17, 15) is 10.1 Å². The van der Waals surface area contributed by atoms with Crippen LogP contribution in [-0.4, -0.2) is 44.4 Å². The second kappa shape index (κ2) is 5.37. The molecule has 1 rings (SSSR count). The summed E-state index contributed by atoms with van der Waals surface area (Å²) in [5.41, 5.74) is 5.20. The van der Waals surface area contributed by atoms with Gasteiger partial charge in [-0.1, -0.05) is 0 Å². The Bertz CT molecular complexity index is 425. The maximum atomic E-state index is 10.8. The molecule has 1 heterocycles. The number of hydrogen-bond donors (Lipinski definition) is 4. The highest BCUT2D eigenvalue weighted by Crippen LogP contribution is 2.25. The van der Waals surface area contributed by atoms with E-state index in [2.05, 4.69) is 15.3 Å². The van der Waals surface area contributed by atoms with Gasteiger partial charge in [0.05, 0.1) is 17.6 Å². The maximum absolute atomic E-state index is 10.8. The minimum absolute atomic E-state index is 0.0762. The summed E-state index contributed by atoms with van der Waals surface area (Å²) in [6.07, 6.45) is -1.04. The molecule has 9 nitrogen and oxygen atoms in total. The number of aliphatic hydroxyl groups excluding tert-OH is 2. The van der Waals surface area contributed by atoms with E-state index in [4.69, 9.17) is 15.9 Å². The molecular weight excluding hydrogens is 230 g/mol. The first kappa shape index (κ1) is 13.1. The molecule has 0 radical (unpaired) electrons. The van der Waals surface area contributed by atoms with E-state index in [-0.39, 0.29) is 29.7 Å². The monoisotopic (exact) mass is 243 g/mol. The Kier molecular flexibility index (Phi) is 4.12. The van der Waals surface area contributed by atoms with Crippen LogP contribution in [0.3, 0.4) is 0 Å². The van der Waals surface area contributed by atoms with Crippen LogP contribution in [0, 0.1) is 17.0 Å². The molecule has 0 spiro atoms. The molecule has 0 saturated heterocycles. The van der Waals surface area contributed by atoms with Crippen LogP contribution in [0.4, 0.5) is 17.5 Å². The molecule has 5 N–H and O–H groups in total. The summed E-state index contributed by atoms with van der Waals surface area (Å²) in [5, 5.41) is 31.1. The van der Waals surface area contributed by atoms with Gasteiger partial charge in [0, 0.05) is 6.54 Å². The molecule has 1 aromatic rings. The minimum Gasteiger partial charge on any atom is -0.394 e. The lowest BCUT2D eigenvalue weighted by atomic mass is 10.3. The number of anilines is 2. The first-order valence-electron chi connectivity index (χ1n) is 4.77. The van der Waals surface area contributed by atoms with E-state index >= 15 is 0 Å². The van der Waals surface area contributed by atoms with Crippen molar-refractivity contribution >= 4 is 17.5 Å². The summed E-state index contributed by atoms with van der Waals surface area (Å²) < 4.78 is 0. The largest absolute Gasteiger partial charge is 0.394 e. The quantitative estimate of drug-likeness (QED) is 0.381. The number of nitrogens with two attached hydrogens (primary N) is 1. The van der Waals surface area contributed by atoms with Crippen molar-refractivity contribution in [2.45, 2.75) is 13.0 Å². The van der Waals surface area contributed by atoms with Crippen LogP contribution in [0.2, 0.25) is 0 Å². The van der Waals surface area contributed by atoms with Gasteiger partial charge in [0.2, 0.25) is 11.8 Å². The van der Waals surface area contributed by atoms with Gasteiger partial charge in [-0.05, 0) is 6.92 Å². The van der Waals surface area contributed by atoms with Gasteiger partial charge in [0.1, 0.15) is 5.69 Å². The lowest BCUT2D eigenvalue weighted by molar-refractivity contribution is -0.385. The predicted octanol–water partition coefficient (Wildman–Crippen LogP) is -0.959. The zero-order valence-electron chi connectivity index (χ0n) is 9.12. The number of aryl methyl sites for hydroxylation is 1. The van der Waals surface area contributed by atoms with Crippen LogP contribution < -0.4 is 11.1 Å². The third-order valence-corrected chi connectivity index (χ3v) is 1.97. The van der Waals surface area contributed by atoms with Crippen LogP contribution in [0.25, 0.3) is 0 Å². The average Bonchev–Trinajstić information content (AvgIpc) is 2.24. The number of hydrogen-bond acceptors (Lipinski definition) is 8. The highest BCUT2D eigenvalue weighted by atomic mass is 16.6. The Labute approximate surface area is 96.5 Å². The Morgan fingerprint density at radius 3 is 2.76 bits per heavy atom. The average molecular weight is 243 g/mol. The molecule has 0 amide bonds. The molecule has 0 aliphatic rings. The fourth-order valence-electron chi connectivity index (χ4n) is 1.21. The molecule has 1 aromatic heterocycles. The Balaban J connectivity index is 3.00. The number of aromatic nitrogens is 2. The normalized spacial score (nSPS) is 12.2. The lowest BCUT2D eigenvalue weighted by Gasteiger charge is -2.10. The first-order chi connectivity index (χ1) is 7.95. The van der Waals surface area contributed by atoms with Crippen LogP contribution in [0.5, 0.6) is 0 Å². The molecule has 0 saturated carbocycles. The van der Waals surface area contributed by atoms with Crippen molar-refractivity contribution in [1.29, 1.82) is 0 Å². The lowest BCUT2D eigenvalue weighted by Crippen LogP contribution is -2.24. The molecule has 0 aromatic carbocycles. The Hall–Kier alpha value is -2.00. The van der Waals surface area contributed by atoms with Crippen molar-refractivity contribution in [3.8, 4) is 0 Å². The fourth-order valence-corrected chi connectivity index (χ4v) is 1.21. The molecular formula is C8H13N5O4. The summed E-state index contributed by atoms with van der Waals surface area (Å²) in [7, 11) is 0. The third-order valence-electron chi connectivity index (χ3n) is 1.97. The standard InChI is InChI=1S/C8H13N5O4/c1-4-6(13(16)17)7(12-8(9)11-4)10-2-5(15)3-14/h5,14-15H,2-3H2,1H3,(H3,9,10,11,12). The minimum atomic E-state index is -1.04. The van der Waals surface area contributed by atoms with Gasteiger partial charge in [-0.15, -0.1) is 0 Å². The van der Waals surface area contributed by atoms with Crippen molar-refractivity contribution in [3.63, 3.8) is 0 Å². The SMILES string of the molecule is Cc1nc(N)nc(NCC(O)CO)c1[N+](=O)[O-]. The van der Waals surface area contributed by atoms with Gasteiger partial charge in [-0.3, -0.25) is 10.1 Å². The summed E-state index contributed by atoms with van der Waals surface area (Å²) in [6.45, 7) is 0.900. The van der Waals surface area contributed by atoms with Crippen LogP contribution in [0.1, 0.15) is 5.69 Å². The molecule has 9 heteroatoms. The molecule has 17 heavy (non-hydrogen) atoms.